The van der Waals surface area contributed by atoms with Gasteiger partial charge in [-0.25, -0.2) is 0 Å². The minimum Gasteiger partial charge on any atom is -0.486 e. The normalized spacial score (nSPS) is 26.9. The van der Waals surface area contributed by atoms with Crippen LogP contribution in [0.1, 0.15) is 24.8 Å². The van der Waals surface area contributed by atoms with Crippen LogP contribution in [0.3, 0.4) is 0 Å². The van der Waals surface area contributed by atoms with Crippen LogP contribution in [0.2, 0.25) is 0 Å². The predicted octanol–water partition coefficient (Wildman–Crippen LogP) is 3.46. The van der Waals surface area contributed by atoms with E-state index in [9.17, 15) is 13.2 Å². The molecule has 0 amide bonds. The summed E-state index contributed by atoms with van der Waals surface area (Å²) in [6.07, 6.45) is -1.08. The molecule has 7 heteroatoms. The number of hydrogen-bond acceptors (Lipinski definition) is 4. The predicted molar refractivity (Wildman–Crippen MR) is 82.1 cm³/mol. The molecule has 4 nitrogen and oxygen atoms in total. The Morgan fingerprint density at radius 2 is 1.83 bits per heavy atom. The van der Waals surface area contributed by atoms with E-state index in [1.165, 1.54) is 19.6 Å². The summed E-state index contributed by atoms with van der Waals surface area (Å²) in [5.74, 6) is 1.19. The van der Waals surface area contributed by atoms with E-state index in [-0.39, 0.29) is 18.6 Å². The molecule has 24 heavy (non-hydrogen) atoms. The smallest absolute Gasteiger partial charge is 0.416 e. The van der Waals surface area contributed by atoms with Crippen molar-refractivity contribution in [2.45, 2.75) is 31.5 Å². The summed E-state index contributed by atoms with van der Waals surface area (Å²) in [6.45, 7) is 1.64. The third-order valence-electron chi connectivity index (χ3n) is 4.76. The third-order valence-corrected chi connectivity index (χ3v) is 4.76. The number of benzene rings is 1. The Bertz CT molecular complexity index is 543. The zero-order valence-electron chi connectivity index (χ0n) is 13.6. The highest BCUT2D eigenvalue weighted by Crippen LogP contribution is 2.40. The Morgan fingerprint density at radius 1 is 1.12 bits per heavy atom. The molecule has 1 aliphatic heterocycles. The van der Waals surface area contributed by atoms with Crippen LogP contribution in [0.4, 0.5) is 13.2 Å². The maximum Gasteiger partial charge on any atom is 0.416 e. The topological polar surface area (TPSA) is 39.7 Å². The standard InChI is InChI=1S/C17H22F3NO3/c1-22-10-23-15-7-13(17(18,19)20)5-6-14(15)24-16-11-3-2-4-12(16)9-21-8-11/h5-7,11-12,16,21H,2-4,8-10H2,1H3/t11-,12+,16?. The summed E-state index contributed by atoms with van der Waals surface area (Å²) in [5.41, 5.74) is -0.758. The van der Waals surface area contributed by atoms with E-state index in [4.69, 9.17) is 14.2 Å². The fraction of sp³-hybridized carbons (Fsp3) is 0.647. The second-order valence-electron chi connectivity index (χ2n) is 6.40. The average Bonchev–Trinajstić information content (AvgIpc) is 2.52. The highest BCUT2D eigenvalue weighted by molar-refractivity contribution is 5.44. The molecule has 2 fully saturated rings. The van der Waals surface area contributed by atoms with Crippen molar-refractivity contribution in [2.24, 2.45) is 11.8 Å². The maximum absolute atomic E-state index is 12.9. The Labute approximate surface area is 139 Å². The number of fused-ring (bicyclic) bond motifs is 2. The number of piperidine rings is 1. The van der Waals surface area contributed by atoms with Crippen LogP contribution in [-0.4, -0.2) is 33.1 Å². The first-order valence-electron chi connectivity index (χ1n) is 8.19. The summed E-state index contributed by atoms with van der Waals surface area (Å²) >= 11 is 0. The van der Waals surface area contributed by atoms with E-state index in [1.807, 2.05) is 0 Å². The Balaban J connectivity index is 1.83. The molecule has 1 saturated carbocycles. The van der Waals surface area contributed by atoms with Crippen molar-refractivity contribution in [3.63, 3.8) is 0 Å². The van der Waals surface area contributed by atoms with Gasteiger partial charge in [-0.05, 0) is 31.0 Å². The molecule has 3 atom stereocenters. The molecule has 2 aliphatic rings. The number of hydrogen-bond donors (Lipinski definition) is 1. The lowest BCUT2D eigenvalue weighted by atomic mass is 9.76. The fourth-order valence-electron chi connectivity index (χ4n) is 3.60. The molecule has 1 aromatic rings. The van der Waals surface area contributed by atoms with Crippen molar-refractivity contribution in [1.29, 1.82) is 0 Å². The van der Waals surface area contributed by atoms with Gasteiger partial charge in [0.15, 0.2) is 18.3 Å². The van der Waals surface area contributed by atoms with Crippen LogP contribution < -0.4 is 14.8 Å². The van der Waals surface area contributed by atoms with Crippen LogP contribution >= 0.6 is 0 Å². The molecule has 1 aliphatic carbocycles. The zero-order valence-corrected chi connectivity index (χ0v) is 13.6. The first kappa shape index (κ1) is 17.4. The molecular weight excluding hydrogens is 323 g/mol. The maximum atomic E-state index is 12.9. The van der Waals surface area contributed by atoms with Gasteiger partial charge in [-0.3, -0.25) is 0 Å². The van der Waals surface area contributed by atoms with Gasteiger partial charge in [-0.2, -0.15) is 13.2 Å². The van der Waals surface area contributed by atoms with Crippen molar-refractivity contribution < 1.29 is 27.4 Å². The van der Waals surface area contributed by atoms with Gasteiger partial charge in [0.1, 0.15) is 6.10 Å². The minimum absolute atomic E-state index is 0.0154. The molecule has 2 bridgehead atoms. The number of alkyl halides is 3. The summed E-state index contributed by atoms with van der Waals surface area (Å²) in [4.78, 5) is 0. The first-order chi connectivity index (χ1) is 11.5. The van der Waals surface area contributed by atoms with E-state index in [2.05, 4.69) is 5.32 Å². The molecular formula is C17H22F3NO3. The molecule has 0 spiro atoms. The van der Waals surface area contributed by atoms with Crippen molar-refractivity contribution in [1.82, 2.24) is 5.32 Å². The lowest BCUT2D eigenvalue weighted by Gasteiger charge is -2.42. The van der Waals surface area contributed by atoms with Crippen molar-refractivity contribution in [3.8, 4) is 11.5 Å². The highest BCUT2D eigenvalue weighted by Gasteiger charge is 2.39. The van der Waals surface area contributed by atoms with Crippen molar-refractivity contribution in [2.75, 3.05) is 27.0 Å². The first-order valence-corrected chi connectivity index (χ1v) is 8.19. The summed E-state index contributed by atoms with van der Waals surface area (Å²) in [5, 5.41) is 3.40. The van der Waals surface area contributed by atoms with Crippen LogP contribution in [0, 0.1) is 11.8 Å². The molecule has 1 N–H and O–H groups in total. The molecule has 3 rings (SSSR count). The lowest BCUT2D eigenvalue weighted by Crippen LogP contribution is -2.52. The summed E-state index contributed by atoms with van der Waals surface area (Å²) in [7, 11) is 1.42. The molecule has 1 aromatic carbocycles. The van der Waals surface area contributed by atoms with Crippen molar-refractivity contribution >= 4 is 0 Å². The lowest BCUT2D eigenvalue weighted by molar-refractivity contribution is -0.137. The number of nitrogens with one attached hydrogen (secondary N) is 1. The van der Waals surface area contributed by atoms with Crippen LogP contribution in [0.5, 0.6) is 11.5 Å². The zero-order chi connectivity index (χ0) is 17.2. The molecule has 0 aromatic heterocycles. The Kier molecular flexibility index (Phi) is 5.20. The quantitative estimate of drug-likeness (QED) is 0.830. The summed E-state index contributed by atoms with van der Waals surface area (Å²) < 4.78 is 55.1. The Hall–Kier alpha value is -1.47. The molecule has 1 unspecified atom stereocenters. The highest BCUT2D eigenvalue weighted by atomic mass is 19.4. The second-order valence-corrected chi connectivity index (χ2v) is 6.40. The second kappa shape index (κ2) is 7.19. The van der Waals surface area contributed by atoms with E-state index in [0.717, 1.165) is 38.1 Å². The fourth-order valence-corrected chi connectivity index (χ4v) is 3.60. The number of rotatable bonds is 5. The average molecular weight is 345 g/mol. The van der Waals surface area contributed by atoms with Crippen LogP contribution in [-0.2, 0) is 10.9 Å². The largest absolute Gasteiger partial charge is 0.486 e. The van der Waals surface area contributed by atoms with E-state index in [0.29, 0.717) is 17.6 Å². The van der Waals surface area contributed by atoms with Gasteiger partial charge >= 0.3 is 6.18 Å². The molecule has 0 radical (unpaired) electrons. The van der Waals surface area contributed by atoms with Gasteiger partial charge in [0.25, 0.3) is 0 Å². The van der Waals surface area contributed by atoms with Gasteiger partial charge in [0.05, 0.1) is 5.56 Å². The van der Waals surface area contributed by atoms with Gasteiger partial charge in [0.2, 0.25) is 0 Å². The van der Waals surface area contributed by atoms with Crippen LogP contribution in [0.25, 0.3) is 0 Å². The van der Waals surface area contributed by atoms with Gasteiger partial charge in [0, 0.05) is 32.0 Å². The van der Waals surface area contributed by atoms with E-state index in [1.54, 1.807) is 0 Å². The minimum atomic E-state index is -4.42. The van der Waals surface area contributed by atoms with E-state index < -0.39 is 11.7 Å². The van der Waals surface area contributed by atoms with Gasteiger partial charge in [-0.1, -0.05) is 6.42 Å². The van der Waals surface area contributed by atoms with E-state index >= 15 is 0 Å². The Morgan fingerprint density at radius 3 is 2.46 bits per heavy atom. The molecule has 1 saturated heterocycles. The SMILES string of the molecule is COCOc1cc(C(F)(F)F)ccc1OC1[C@@H]2CCC[C@H]1CNC2. The van der Waals surface area contributed by atoms with Gasteiger partial charge < -0.3 is 19.5 Å². The molecule has 1 heterocycles. The molecule has 134 valence electrons. The summed E-state index contributed by atoms with van der Waals surface area (Å²) in [6, 6.07) is 3.36. The van der Waals surface area contributed by atoms with Crippen molar-refractivity contribution in [3.05, 3.63) is 23.8 Å². The third kappa shape index (κ3) is 3.78. The van der Waals surface area contributed by atoms with Crippen LogP contribution in [0.15, 0.2) is 18.2 Å². The van der Waals surface area contributed by atoms with Gasteiger partial charge in [-0.15, -0.1) is 0 Å². The number of halogens is 3. The number of ether oxygens (including phenoxy) is 3. The number of methoxy groups -OCH3 is 1. The monoisotopic (exact) mass is 345 g/mol.